The Labute approximate surface area is 156 Å². The van der Waals surface area contributed by atoms with Crippen LogP contribution in [0.2, 0.25) is 5.02 Å². The fourth-order valence-electron chi connectivity index (χ4n) is 3.13. The topological polar surface area (TPSA) is 91.9 Å². The Kier molecular flexibility index (Phi) is 4.77. The Morgan fingerprint density at radius 2 is 1.92 bits per heavy atom. The monoisotopic (exact) mass is 391 g/mol. The zero-order valence-corrected chi connectivity index (χ0v) is 15.9. The van der Waals surface area contributed by atoms with Crippen LogP contribution in [0.1, 0.15) is 24.6 Å². The Bertz CT molecular complexity index is 1060. The number of sulfonamides is 1. The molecule has 1 unspecified atom stereocenters. The first-order valence-corrected chi connectivity index (χ1v) is 10.3. The molecule has 0 aliphatic carbocycles. The molecule has 136 valence electrons. The fraction of sp³-hybridized carbons (Fsp3) is 0.222. The maximum Gasteiger partial charge on any atom is 0.229 e. The van der Waals surface area contributed by atoms with Crippen LogP contribution in [0.25, 0.3) is 10.9 Å². The van der Waals surface area contributed by atoms with E-state index in [1.54, 1.807) is 36.4 Å². The lowest BCUT2D eigenvalue weighted by Crippen LogP contribution is -2.29. The van der Waals surface area contributed by atoms with E-state index in [1.165, 1.54) is 0 Å². The predicted molar refractivity (Wildman–Crippen MR) is 103 cm³/mol. The molecule has 2 aromatic carbocycles. The van der Waals surface area contributed by atoms with E-state index in [0.29, 0.717) is 33.7 Å². The molecule has 0 aliphatic rings. The number of hydrogen-bond acceptors (Lipinski definition) is 4. The van der Waals surface area contributed by atoms with E-state index in [4.69, 9.17) is 11.6 Å². The van der Waals surface area contributed by atoms with E-state index < -0.39 is 15.4 Å². The number of aldehydes is 1. The maximum absolute atomic E-state index is 12.2. The van der Waals surface area contributed by atoms with Crippen molar-refractivity contribution in [3.63, 3.8) is 0 Å². The molecule has 0 radical (unpaired) electrons. The molecule has 2 N–H and O–H groups in total. The van der Waals surface area contributed by atoms with Gasteiger partial charge in [-0.05, 0) is 30.2 Å². The molecular formula is C18H18ClN3O3S. The lowest BCUT2D eigenvalue weighted by atomic mass is 9.75. The van der Waals surface area contributed by atoms with Crippen LogP contribution >= 0.6 is 11.6 Å². The third kappa shape index (κ3) is 3.20. The van der Waals surface area contributed by atoms with Crippen LogP contribution in [0.3, 0.4) is 0 Å². The summed E-state index contributed by atoms with van der Waals surface area (Å²) in [5, 5.41) is 8.51. The predicted octanol–water partition coefficient (Wildman–Crippen LogP) is 3.48. The van der Waals surface area contributed by atoms with Crippen molar-refractivity contribution in [2.45, 2.75) is 18.8 Å². The van der Waals surface area contributed by atoms with Gasteiger partial charge in [-0.3, -0.25) is 9.82 Å². The summed E-state index contributed by atoms with van der Waals surface area (Å²) in [5.41, 5.74) is 1.27. The molecular weight excluding hydrogens is 374 g/mol. The number of nitrogens with one attached hydrogen (secondary N) is 2. The molecule has 1 aromatic heterocycles. The number of carbonyl (C=O) groups excluding carboxylic acids is 1. The van der Waals surface area contributed by atoms with Crippen molar-refractivity contribution in [2.75, 3.05) is 11.0 Å². The summed E-state index contributed by atoms with van der Waals surface area (Å²) < 4.78 is 25.7. The van der Waals surface area contributed by atoms with Gasteiger partial charge in [0.1, 0.15) is 6.29 Å². The largest absolute Gasteiger partial charge is 0.302 e. The van der Waals surface area contributed by atoms with Gasteiger partial charge in [-0.15, -0.1) is 0 Å². The summed E-state index contributed by atoms with van der Waals surface area (Å²) in [6.07, 6.45) is 2.45. The Hall–Kier alpha value is -2.38. The molecule has 0 saturated carbocycles. The van der Waals surface area contributed by atoms with Gasteiger partial charge in [-0.2, -0.15) is 5.10 Å². The number of aromatic nitrogens is 2. The molecule has 26 heavy (non-hydrogen) atoms. The SMILES string of the molecule is CCC(C=O)(c1ccc(Cl)cc1)c1n[nH]c2c(NS(C)(=O)=O)cccc12. The third-order valence-corrected chi connectivity index (χ3v) is 5.28. The van der Waals surface area contributed by atoms with Crippen molar-refractivity contribution in [3.05, 3.63) is 58.7 Å². The van der Waals surface area contributed by atoms with Gasteiger partial charge in [-0.1, -0.05) is 42.8 Å². The number of fused-ring (bicyclic) bond motifs is 1. The quantitative estimate of drug-likeness (QED) is 0.629. The minimum absolute atomic E-state index is 0.385. The second kappa shape index (κ2) is 6.74. The van der Waals surface area contributed by atoms with Gasteiger partial charge in [0, 0.05) is 10.4 Å². The summed E-state index contributed by atoms with van der Waals surface area (Å²) in [6, 6.07) is 12.3. The van der Waals surface area contributed by atoms with Crippen molar-refractivity contribution >= 4 is 44.5 Å². The number of hydrogen-bond donors (Lipinski definition) is 2. The van der Waals surface area contributed by atoms with E-state index in [1.807, 2.05) is 13.0 Å². The summed E-state index contributed by atoms with van der Waals surface area (Å²) >= 11 is 5.98. The van der Waals surface area contributed by atoms with Crippen molar-refractivity contribution in [1.82, 2.24) is 10.2 Å². The van der Waals surface area contributed by atoms with Gasteiger partial charge in [0.25, 0.3) is 0 Å². The average molecular weight is 392 g/mol. The molecule has 0 spiro atoms. The second-order valence-electron chi connectivity index (χ2n) is 6.12. The third-order valence-electron chi connectivity index (χ3n) is 4.44. The number of carbonyl (C=O) groups is 1. The second-order valence-corrected chi connectivity index (χ2v) is 8.31. The van der Waals surface area contributed by atoms with E-state index in [2.05, 4.69) is 14.9 Å². The maximum atomic E-state index is 12.2. The lowest BCUT2D eigenvalue weighted by molar-refractivity contribution is -0.111. The van der Waals surface area contributed by atoms with E-state index >= 15 is 0 Å². The average Bonchev–Trinajstić information content (AvgIpc) is 3.03. The molecule has 1 atom stereocenters. The first-order valence-electron chi connectivity index (χ1n) is 7.98. The molecule has 3 rings (SSSR count). The molecule has 0 aliphatic heterocycles. The van der Waals surface area contributed by atoms with E-state index in [-0.39, 0.29) is 0 Å². The van der Waals surface area contributed by atoms with Crippen LogP contribution in [0.15, 0.2) is 42.5 Å². The van der Waals surface area contributed by atoms with E-state index in [0.717, 1.165) is 18.1 Å². The van der Waals surface area contributed by atoms with Gasteiger partial charge in [0.2, 0.25) is 10.0 Å². The normalized spacial score (nSPS) is 14.1. The first kappa shape index (κ1) is 18.4. The zero-order valence-electron chi connectivity index (χ0n) is 14.3. The highest BCUT2D eigenvalue weighted by Crippen LogP contribution is 2.38. The van der Waals surface area contributed by atoms with Crippen LogP contribution in [0, 0.1) is 0 Å². The molecule has 0 amide bonds. The molecule has 6 nitrogen and oxygen atoms in total. The number of para-hydroxylation sites is 1. The molecule has 0 saturated heterocycles. The number of benzene rings is 2. The number of rotatable bonds is 6. The van der Waals surface area contributed by atoms with Crippen LogP contribution in [0.5, 0.6) is 0 Å². The summed E-state index contributed by atoms with van der Waals surface area (Å²) in [5.74, 6) is 0. The van der Waals surface area contributed by atoms with E-state index in [9.17, 15) is 13.2 Å². The summed E-state index contributed by atoms with van der Waals surface area (Å²) in [7, 11) is -3.44. The number of nitrogens with zero attached hydrogens (tertiary/aromatic N) is 1. The van der Waals surface area contributed by atoms with Crippen LogP contribution in [0.4, 0.5) is 5.69 Å². The van der Waals surface area contributed by atoms with Gasteiger partial charge in [0.05, 0.1) is 28.6 Å². The minimum Gasteiger partial charge on any atom is -0.302 e. The van der Waals surface area contributed by atoms with Crippen LogP contribution in [-0.2, 0) is 20.2 Å². The standard InChI is InChI=1S/C18H18ClN3O3S/c1-3-18(11-23,12-7-9-13(19)10-8-12)17-14-5-4-6-15(16(14)20-21-17)22-26(2,24)25/h4-11,22H,3H2,1-2H3,(H,20,21). The summed E-state index contributed by atoms with van der Waals surface area (Å²) in [6.45, 7) is 1.90. The molecule has 0 bridgehead atoms. The number of anilines is 1. The highest BCUT2D eigenvalue weighted by molar-refractivity contribution is 7.92. The lowest BCUT2D eigenvalue weighted by Gasteiger charge is -2.25. The molecule has 0 fully saturated rings. The van der Waals surface area contributed by atoms with Gasteiger partial charge >= 0.3 is 0 Å². The number of aromatic amines is 1. The number of H-pyrrole nitrogens is 1. The zero-order chi connectivity index (χ0) is 18.9. The van der Waals surface area contributed by atoms with Gasteiger partial charge in [0.15, 0.2) is 0 Å². The first-order chi connectivity index (χ1) is 12.3. The Balaban J connectivity index is 2.23. The smallest absolute Gasteiger partial charge is 0.229 e. The molecule has 1 heterocycles. The summed E-state index contributed by atoms with van der Waals surface area (Å²) in [4.78, 5) is 12.2. The number of halogens is 1. The highest BCUT2D eigenvalue weighted by Gasteiger charge is 2.36. The van der Waals surface area contributed by atoms with Crippen molar-refractivity contribution in [1.29, 1.82) is 0 Å². The fourth-order valence-corrected chi connectivity index (χ4v) is 3.83. The Morgan fingerprint density at radius 1 is 1.23 bits per heavy atom. The van der Waals surface area contributed by atoms with Crippen molar-refractivity contribution in [2.24, 2.45) is 0 Å². The van der Waals surface area contributed by atoms with Crippen molar-refractivity contribution < 1.29 is 13.2 Å². The van der Waals surface area contributed by atoms with Crippen LogP contribution < -0.4 is 4.72 Å². The van der Waals surface area contributed by atoms with Crippen molar-refractivity contribution in [3.8, 4) is 0 Å². The molecule has 3 aromatic rings. The van der Waals surface area contributed by atoms with Gasteiger partial charge in [-0.25, -0.2) is 8.42 Å². The highest BCUT2D eigenvalue weighted by atomic mass is 35.5. The van der Waals surface area contributed by atoms with Crippen LogP contribution in [-0.4, -0.2) is 31.2 Å². The molecule has 8 heteroatoms. The Morgan fingerprint density at radius 3 is 2.50 bits per heavy atom. The minimum atomic E-state index is -3.44. The van der Waals surface area contributed by atoms with Gasteiger partial charge < -0.3 is 4.79 Å².